The van der Waals surface area contributed by atoms with Crippen LogP contribution >= 0.6 is 22.6 Å². The van der Waals surface area contributed by atoms with Crippen molar-refractivity contribution in [1.82, 2.24) is 4.98 Å². The van der Waals surface area contributed by atoms with Gasteiger partial charge in [0.05, 0.1) is 0 Å². The standard InChI is InChI=1S/C12H18IN/c1-11(2,3)10-7-6-9(8-14-10)12(4,5)13/h6-8H,1-5H3. The largest absolute Gasteiger partial charge is 0.260 e. The van der Waals surface area contributed by atoms with Gasteiger partial charge >= 0.3 is 0 Å². The highest BCUT2D eigenvalue weighted by Gasteiger charge is 2.19. The summed E-state index contributed by atoms with van der Waals surface area (Å²) in [6.45, 7) is 10.9. The number of hydrogen-bond acceptors (Lipinski definition) is 1. The zero-order valence-electron chi connectivity index (χ0n) is 9.56. The zero-order valence-corrected chi connectivity index (χ0v) is 11.7. The van der Waals surface area contributed by atoms with Crippen molar-refractivity contribution in [3.63, 3.8) is 0 Å². The molecule has 0 aliphatic heterocycles. The number of nitrogens with zero attached hydrogens (tertiary/aromatic N) is 1. The lowest BCUT2D eigenvalue weighted by molar-refractivity contribution is 0.567. The van der Waals surface area contributed by atoms with Gasteiger partial charge in [0, 0.05) is 20.7 Å². The minimum atomic E-state index is 0.147. The van der Waals surface area contributed by atoms with Crippen LogP contribution in [0.1, 0.15) is 45.9 Å². The topological polar surface area (TPSA) is 12.9 Å². The summed E-state index contributed by atoms with van der Waals surface area (Å²) in [7, 11) is 0. The Kier molecular flexibility index (Phi) is 3.24. The molecule has 0 bridgehead atoms. The molecule has 0 atom stereocenters. The van der Waals surface area contributed by atoms with Crippen LogP contribution in [-0.2, 0) is 8.84 Å². The van der Waals surface area contributed by atoms with E-state index in [0.29, 0.717) is 0 Å². The first-order valence-corrected chi connectivity index (χ1v) is 5.95. The highest BCUT2D eigenvalue weighted by Crippen LogP contribution is 2.31. The molecule has 0 amide bonds. The SMILES string of the molecule is CC(C)(C)c1ccc(C(C)(C)I)cn1. The minimum absolute atomic E-state index is 0.147. The molecule has 0 saturated heterocycles. The van der Waals surface area contributed by atoms with E-state index in [1.54, 1.807) is 0 Å². The molecule has 78 valence electrons. The summed E-state index contributed by atoms with van der Waals surface area (Å²) in [5.74, 6) is 0. The van der Waals surface area contributed by atoms with Gasteiger partial charge in [0.2, 0.25) is 0 Å². The van der Waals surface area contributed by atoms with Crippen LogP contribution < -0.4 is 0 Å². The third kappa shape index (κ3) is 2.94. The van der Waals surface area contributed by atoms with Gasteiger partial charge in [-0.15, -0.1) is 0 Å². The van der Waals surface area contributed by atoms with E-state index in [-0.39, 0.29) is 8.84 Å². The zero-order chi connectivity index (χ0) is 11.0. The summed E-state index contributed by atoms with van der Waals surface area (Å²) in [6.07, 6.45) is 1.99. The Morgan fingerprint density at radius 3 is 1.93 bits per heavy atom. The second-order valence-electron chi connectivity index (χ2n) is 5.15. The van der Waals surface area contributed by atoms with Gasteiger partial charge in [-0.3, -0.25) is 4.98 Å². The van der Waals surface area contributed by atoms with Gasteiger partial charge in [-0.05, 0) is 25.5 Å². The Hall–Kier alpha value is -0.120. The molecule has 1 aromatic rings. The number of aromatic nitrogens is 1. The van der Waals surface area contributed by atoms with E-state index in [1.165, 1.54) is 5.56 Å². The van der Waals surface area contributed by atoms with Crippen LogP contribution in [0.25, 0.3) is 0 Å². The van der Waals surface area contributed by atoms with Crippen LogP contribution in [0.5, 0.6) is 0 Å². The molecule has 0 aromatic carbocycles. The first kappa shape index (κ1) is 12.0. The Labute approximate surface area is 100 Å². The maximum absolute atomic E-state index is 4.51. The van der Waals surface area contributed by atoms with Gasteiger partial charge in [0.25, 0.3) is 0 Å². The van der Waals surface area contributed by atoms with Crippen molar-refractivity contribution in [1.29, 1.82) is 0 Å². The Bertz CT molecular complexity index is 268. The lowest BCUT2D eigenvalue weighted by Gasteiger charge is -2.20. The van der Waals surface area contributed by atoms with Gasteiger partial charge in [0.1, 0.15) is 0 Å². The second-order valence-corrected chi connectivity index (χ2v) is 7.85. The molecule has 1 nitrogen and oxygen atoms in total. The third-order valence-corrected chi connectivity index (χ3v) is 2.84. The first-order chi connectivity index (χ1) is 6.21. The van der Waals surface area contributed by atoms with E-state index in [0.717, 1.165) is 5.69 Å². The molecule has 0 saturated carbocycles. The van der Waals surface area contributed by atoms with E-state index in [4.69, 9.17) is 0 Å². The summed E-state index contributed by atoms with van der Waals surface area (Å²) in [5, 5.41) is 0. The molecule has 0 aliphatic rings. The normalized spacial score (nSPS) is 13.0. The molecule has 0 radical (unpaired) electrons. The molecule has 0 fully saturated rings. The first-order valence-electron chi connectivity index (χ1n) is 4.87. The summed E-state index contributed by atoms with van der Waals surface area (Å²) in [5.41, 5.74) is 2.58. The third-order valence-electron chi connectivity index (χ3n) is 2.22. The lowest BCUT2D eigenvalue weighted by Crippen LogP contribution is -2.15. The van der Waals surface area contributed by atoms with Crippen LogP contribution in [0.4, 0.5) is 0 Å². The Morgan fingerprint density at radius 2 is 1.64 bits per heavy atom. The monoisotopic (exact) mass is 303 g/mol. The van der Waals surface area contributed by atoms with Crippen molar-refractivity contribution >= 4 is 22.6 Å². The van der Waals surface area contributed by atoms with E-state index in [9.17, 15) is 0 Å². The molecule has 1 heterocycles. The summed E-state index contributed by atoms with van der Waals surface area (Å²) < 4.78 is 0.168. The molecule has 1 rings (SSSR count). The van der Waals surface area contributed by atoms with Crippen LogP contribution in [0.2, 0.25) is 0 Å². The Morgan fingerprint density at radius 1 is 1.07 bits per heavy atom. The van der Waals surface area contributed by atoms with Crippen molar-refractivity contribution in [3.8, 4) is 0 Å². The molecule has 0 N–H and O–H groups in total. The summed E-state index contributed by atoms with van der Waals surface area (Å²) >= 11 is 2.44. The molecule has 1 aromatic heterocycles. The highest BCUT2D eigenvalue weighted by atomic mass is 127. The van der Waals surface area contributed by atoms with E-state index >= 15 is 0 Å². The second kappa shape index (κ2) is 3.80. The van der Waals surface area contributed by atoms with Crippen molar-refractivity contribution in [2.45, 2.75) is 43.5 Å². The fraction of sp³-hybridized carbons (Fsp3) is 0.583. The fourth-order valence-electron chi connectivity index (χ4n) is 1.19. The predicted octanol–water partition coefficient (Wildman–Crippen LogP) is 4.05. The van der Waals surface area contributed by atoms with E-state index in [1.807, 2.05) is 6.20 Å². The minimum Gasteiger partial charge on any atom is -0.260 e. The van der Waals surface area contributed by atoms with E-state index in [2.05, 4.69) is 74.3 Å². The molecule has 2 heteroatoms. The number of halogens is 1. The van der Waals surface area contributed by atoms with Crippen molar-refractivity contribution in [3.05, 3.63) is 29.6 Å². The highest BCUT2D eigenvalue weighted by molar-refractivity contribution is 14.1. The van der Waals surface area contributed by atoms with Gasteiger partial charge in [-0.2, -0.15) is 0 Å². The predicted molar refractivity (Wildman–Crippen MR) is 70.0 cm³/mol. The van der Waals surface area contributed by atoms with Crippen LogP contribution in [0.15, 0.2) is 18.3 Å². The molecular formula is C12H18IN. The maximum atomic E-state index is 4.51. The Balaban J connectivity index is 3.02. The van der Waals surface area contributed by atoms with Gasteiger partial charge < -0.3 is 0 Å². The molecule has 0 unspecified atom stereocenters. The number of hydrogen-bond donors (Lipinski definition) is 0. The molecule has 0 aliphatic carbocycles. The fourth-order valence-corrected chi connectivity index (χ4v) is 1.51. The summed E-state index contributed by atoms with van der Waals surface area (Å²) in [4.78, 5) is 4.51. The van der Waals surface area contributed by atoms with Crippen molar-refractivity contribution in [2.24, 2.45) is 0 Å². The average molecular weight is 303 g/mol. The number of pyridine rings is 1. The van der Waals surface area contributed by atoms with Gasteiger partial charge in [0.15, 0.2) is 0 Å². The van der Waals surface area contributed by atoms with Crippen molar-refractivity contribution in [2.75, 3.05) is 0 Å². The van der Waals surface area contributed by atoms with Crippen LogP contribution in [0, 0.1) is 0 Å². The molecule has 14 heavy (non-hydrogen) atoms. The van der Waals surface area contributed by atoms with Gasteiger partial charge in [-0.25, -0.2) is 0 Å². The van der Waals surface area contributed by atoms with E-state index < -0.39 is 0 Å². The average Bonchev–Trinajstić information content (AvgIpc) is 2.01. The lowest BCUT2D eigenvalue weighted by atomic mass is 9.91. The van der Waals surface area contributed by atoms with Gasteiger partial charge in [-0.1, -0.05) is 49.4 Å². The van der Waals surface area contributed by atoms with Crippen LogP contribution in [-0.4, -0.2) is 4.98 Å². The summed E-state index contributed by atoms with van der Waals surface area (Å²) in [6, 6.07) is 4.32. The number of alkyl halides is 1. The smallest absolute Gasteiger partial charge is 0.0457 e. The molecular weight excluding hydrogens is 285 g/mol. The van der Waals surface area contributed by atoms with Crippen LogP contribution in [0.3, 0.4) is 0 Å². The quantitative estimate of drug-likeness (QED) is 0.563. The maximum Gasteiger partial charge on any atom is 0.0457 e. The van der Waals surface area contributed by atoms with Crippen molar-refractivity contribution < 1.29 is 0 Å². The molecule has 0 spiro atoms. The number of rotatable bonds is 1.